The minimum atomic E-state index is -4.83. The Labute approximate surface area is 196 Å². The number of hydrogen-bond donors (Lipinski definition) is 1. The number of halogens is 3. The van der Waals surface area contributed by atoms with Gasteiger partial charge >= 0.3 is 12.1 Å². The van der Waals surface area contributed by atoms with E-state index in [1.807, 2.05) is 6.07 Å². The number of alkyl halides is 3. The smallest absolute Gasteiger partial charge is 0.364 e. The zero-order chi connectivity index (χ0) is 24.3. The maximum absolute atomic E-state index is 14.5. The number of likely N-dealkylation sites (tertiary alicyclic amines) is 1. The lowest BCUT2D eigenvalue weighted by Crippen LogP contribution is -2.65. The Balaban J connectivity index is 1.71. The first-order valence-electron chi connectivity index (χ1n) is 10.4. The number of hydrogen-bond acceptors (Lipinski definition) is 7. The molecular formula is C21H21F3N7O2S+. The van der Waals surface area contributed by atoms with Gasteiger partial charge in [0.05, 0.1) is 12.2 Å². The van der Waals surface area contributed by atoms with Crippen LogP contribution in [0.3, 0.4) is 0 Å². The second kappa shape index (κ2) is 9.50. The van der Waals surface area contributed by atoms with Gasteiger partial charge in [0.1, 0.15) is 5.75 Å². The van der Waals surface area contributed by atoms with Gasteiger partial charge in [0.2, 0.25) is 11.2 Å². The van der Waals surface area contributed by atoms with Gasteiger partial charge in [0.25, 0.3) is 5.91 Å². The summed E-state index contributed by atoms with van der Waals surface area (Å²) in [6.45, 7) is -0.171. The van der Waals surface area contributed by atoms with Crippen LogP contribution in [0.15, 0.2) is 60.0 Å². The van der Waals surface area contributed by atoms with Crippen LogP contribution < -0.4 is 5.73 Å². The first kappa shape index (κ1) is 23.8. The molecule has 1 aliphatic heterocycles. The van der Waals surface area contributed by atoms with Gasteiger partial charge in [-0.05, 0) is 34.7 Å². The summed E-state index contributed by atoms with van der Waals surface area (Å²) in [5.41, 5.74) is 5.96. The van der Waals surface area contributed by atoms with Crippen LogP contribution in [0.5, 0.6) is 0 Å². The van der Waals surface area contributed by atoms with E-state index in [1.54, 1.807) is 24.3 Å². The third-order valence-corrected chi connectivity index (χ3v) is 6.80. The molecule has 0 spiro atoms. The average Bonchev–Trinajstić information content (AvgIpc) is 3.46. The molecule has 9 nitrogen and oxygen atoms in total. The lowest BCUT2D eigenvalue weighted by atomic mass is 10.0. The predicted octanol–water partition coefficient (Wildman–Crippen LogP) is 2.44. The van der Waals surface area contributed by atoms with Crippen molar-refractivity contribution in [1.82, 2.24) is 25.2 Å². The molecule has 0 aliphatic carbocycles. The van der Waals surface area contributed by atoms with Crippen molar-refractivity contribution >= 4 is 23.6 Å². The maximum Gasteiger partial charge on any atom is 0.446 e. The van der Waals surface area contributed by atoms with Crippen molar-refractivity contribution in [3.63, 3.8) is 0 Å². The molecule has 2 unspecified atom stereocenters. The summed E-state index contributed by atoms with van der Waals surface area (Å²) in [6, 6.07) is 7.91. The Morgan fingerprint density at radius 3 is 2.62 bits per heavy atom. The number of nitrogens with two attached hydrogens (primary N) is 1. The van der Waals surface area contributed by atoms with Crippen LogP contribution in [0.25, 0.3) is 5.69 Å². The lowest BCUT2D eigenvalue weighted by molar-refractivity contribution is -0.900. The predicted molar refractivity (Wildman–Crippen MR) is 115 cm³/mol. The number of nitrogens with zero attached hydrogens (tertiary/aromatic N) is 6. The highest BCUT2D eigenvalue weighted by Crippen LogP contribution is 2.48. The quantitative estimate of drug-likeness (QED) is 0.398. The number of amides is 2. The van der Waals surface area contributed by atoms with E-state index >= 15 is 0 Å². The highest BCUT2D eigenvalue weighted by atomic mass is 32.2. The Bertz CT molecular complexity index is 1160. The van der Waals surface area contributed by atoms with Crippen LogP contribution in [0.2, 0.25) is 0 Å². The van der Waals surface area contributed by atoms with Crippen molar-refractivity contribution < 1.29 is 27.2 Å². The Morgan fingerprint density at radius 2 is 1.97 bits per heavy atom. The fraction of sp³-hybridized carbons (Fsp3) is 0.333. The van der Waals surface area contributed by atoms with Crippen molar-refractivity contribution in [3.05, 3.63) is 60.4 Å². The van der Waals surface area contributed by atoms with Crippen molar-refractivity contribution in [2.24, 2.45) is 5.73 Å². The van der Waals surface area contributed by atoms with Crippen molar-refractivity contribution in [1.29, 1.82) is 0 Å². The summed E-state index contributed by atoms with van der Waals surface area (Å²) in [7, 11) is 0. The van der Waals surface area contributed by atoms with E-state index < -0.39 is 34.6 Å². The van der Waals surface area contributed by atoms with Gasteiger partial charge in [0.15, 0.2) is 6.04 Å². The molecule has 1 saturated heterocycles. The molecule has 3 atom stereocenters. The molecule has 2 amide bonds. The third-order valence-electron chi connectivity index (χ3n) is 5.89. The number of thioether (sulfide) groups is 1. The first-order valence-corrected chi connectivity index (χ1v) is 11.4. The van der Waals surface area contributed by atoms with Gasteiger partial charge in [0, 0.05) is 30.8 Å². The molecule has 13 heteroatoms. The first-order chi connectivity index (χ1) is 16.2. The summed E-state index contributed by atoms with van der Waals surface area (Å²) in [6.07, 6.45) is -2.07. The summed E-state index contributed by atoms with van der Waals surface area (Å²) in [5.74, 6) is -2.10. The minimum Gasteiger partial charge on any atom is -0.364 e. The van der Waals surface area contributed by atoms with Crippen LogP contribution in [0.4, 0.5) is 13.2 Å². The minimum absolute atomic E-state index is 0.0837. The number of carbonyl (C=O) groups excluding carboxylic acids is 2. The van der Waals surface area contributed by atoms with Crippen LogP contribution in [-0.2, 0) is 9.59 Å². The highest BCUT2D eigenvalue weighted by molar-refractivity contribution is 7.99. The summed E-state index contributed by atoms with van der Waals surface area (Å²) >= 11 is 0.906. The van der Waals surface area contributed by atoms with Crippen LogP contribution >= 0.6 is 11.8 Å². The molecule has 2 N–H and O–H groups in total. The molecule has 0 radical (unpaired) electrons. The average molecular weight is 493 g/mol. The number of quaternary nitrogens is 1. The monoisotopic (exact) mass is 492 g/mol. The molecule has 1 fully saturated rings. The lowest BCUT2D eigenvalue weighted by Gasteiger charge is -2.43. The third kappa shape index (κ3) is 4.40. The highest BCUT2D eigenvalue weighted by Gasteiger charge is 2.64. The van der Waals surface area contributed by atoms with Crippen molar-refractivity contribution in [3.8, 4) is 5.69 Å². The van der Waals surface area contributed by atoms with Crippen LogP contribution in [0, 0.1) is 0 Å². The summed E-state index contributed by atoms with van der Waals surface area (Å²) in [5, 5.41) is 11.7. The van der Waals surface area contributed by atoms with Gasteiger partial charge in [-0.25, -0.2) is 9.28 Å². The molecule has 2 aromatic heterocycles. The van der Waals surface area contributed by atoms with Crippen molar-refractivity contribution in [2.45, 2.75) is 36.3 Å². The number of tetrazole rings is 1. The normalized spacial score (nSPS) is 21.3. The van der Waals surface area contributed by atoms with E-state index in [-0.39, 0.29) is 35.9 Å². The van der Waals surface area contributed by atoms with Gasteiger partial charge in [-0.2, -0.15) is 17.9 Å². The number of primary amides is 1. The second-order valence-electron chi connectivity index (χ2n) is 7.84. The van der Waals surface area contributed by atoms with Gasteiger partial charge in [-0.3, -0.25) is 9.78 Å². The molecule has 4 rings (SSSR count). The number of rotatable bonds is 7. The Kier molecular flexibility index (Phi) is 6.66. The molecule has 178 valence electrons. The fourth-order valence-electron chi connectivity index (χ4n) is 4.55. The van der Waals surface area contributed by atoms with E-state index in [0.29, 0.717) is 5.69 Å². The zero-order valence-corrected chi connectivity index (χ0v) is 18.6. The number of para-hydroxylation sites is 1. The zero-order valence-electron chi connectivity index (χ0n) is 17.8. The summed E-state index contributed by atoms with van der Waals surface area (Å²) in [4.78, 5) is 29.7. The SMILES string of the molecule is NC(=O)[C@@H]1CCC[N+]1(C(=O)CSc1nnnn1-c1ccccc1)C(c1cccnc1)C(F)(F)F. The molecule has 0 saturated carbocycles. The van der Waals surface area contributed by atoms with Crippen LogP contribution in [-0.4, -0.2) is 66.0 Å². The molecule has 3 aromatic rings. The standard InChI is InChI=1S/C21H20F3N7O2S/c22-21(23,24)18(14-6-4-10-26-12-14)31(11-5-9-16(31)19(25)33)17(32)13-34-20-27-28-29-30(20)15-7-2-1-3-8-15/h1-4,6-8,10,12,16,18H,5,9,11,13H2,(H-,25,33)/p+1/t16-,18?,31?/m0/s1. The molecular weight excluding hydrogens is 471 g/mol. The van der Waals surface area contributed by atoms with Crippen LogP contribution in [0.1, 0.15) is 24.4 Å². The van der Waals surface area contributed by atoms with E-state index in [4.69, 9.17) is 5.73 Å². The molecule has 1 aromatic carbocycles. The fourth-order valence-corrected chi connectivity index (χ4v) is 5.41. The van der Waals surface area contributed by atoms with Crippen molar-refractivity contribution in [2.75, 3.05) is 12.3 Å². The number of carbonyl (C=O) groups is 2. The number of benzene rings is 1. The summed E-state index contributed by atoms with van der Waals surface area (Å²) < 4.78 is 43.8. The Hall–Kier alpha value is -3.32. The maximum atomic E-state index is 14.5. The van der Waals surface area contributed by atoms with E-state index in [1.165, 1.54) is 23.0 Å². The second-order valence-corrected chi connectivity index (χ2v) is 8.78. The van der Waals surface area contributed by atoms with E-state index in [2.05, 4.69) is 20.5 Å². The van der Waals surface area contributed by atoms with Gasteiger partial charge in [-0.1, -0.05) is 30.0 Å². The molecule has 34 heavy (non-hydrogen) atoms. The molecule has 0 bridgehead atoms. The van der Waals surface area contributed by atoms with E-state index in [9.17, 15) is 22.8 Å². The Morgan fingerprint density at radius 1 is 1.21 bits per heavy atom. The molecule has 1 aliphatic rings. The van der Waals surface area contributed by atoms with Gasteiger partial charge in [-0.15, -0.1) is 5.10 Å². The number of aromatic nitrogens is 5. The number of pyridine rings is 1. The molecule has 3 heterocycles. The largest absolute Gasteiger partial charge is 0.446 e. The topological polar surface area (TPSA) is 117 Å². The van der Waals surface area contributed by atoms with E-state index in [0.717, 1.165) is 18.0 Å². The van der Waals surface area contributed by atoms with Gasteiger partial charge < -0.3 is 5.73 Å².